The number of halogens is 4. The van der Waals surface area contributed by atoms with Gasteiger partial charge in [0.05, 0.1) is 17.5 Å². The molecule has 1 atom stereocenters. The van der Waals surface area contributed by atoms with E-state index in [9.17, 15) is 26.4 Å². The first-order valence-electron chi connectivity index (χ1n) is 8.04. The molecule has 152 valence electrons. The van der Waals surface area contributed by atoms with Crippen LogP contribution in [-0.2, 0) is 21.0 Å². The summed E-state index contributed by atoms with van der Waals surface area (Å²) in [6, 6.07) is 7.36. The van der Waals surface area contributed by atoms with Gasteiger partial charge < -0.3 is 5.32 Å². The number of hydrogen-bond acceptors (Lipinski definition) is 3. The summed E-state index contributed by atoms with van der Waals surface area (Å²) in [7, 11) is -3.88. The number of carbonyl (C=O) groups excluding carboxylic acids is 1. The summed E-state index contributed by atoms with van der Waals surface area (Å²) >= 11 is 6.05. The number of nitrogens with zero attached hydrogens (tertiary/aromatic N) is 1. The van der Waals surface area contributed by atoms with Crippen molar-refractivity contribution < 1.29 is 26.4 Å². The van der Waals surface area contributed by atoms with Crippen molar-refractivity contribution >= 4 is 38.9 Å². The maximum Gasteiger partial charge on any atom is 0.416 e. The van der Waals surface area contributed by atoms with Gasteiger partial charge in [0.15, 0.2) is 0 Å². The first kappa shape index (κ1) is 22.0. The van der Waals surface area contributed by atoms with E-state index in [0.29, 0.717) is 5.02 Å². The summed E-state index contributed by atoms with van der Waals surface area (Å²) in [5, 5.41) is 2.64. The molecule has 0 aromatic heterocycles. The lowest BCUT2D eigenvalue weighted by molar-refractivity contribution is -0.137. The van der Waals surface area contributed by atoms with Crippen molar-refractivity contribution in [3.8, 4) is 0 Å². The topological polar surface area (TPSA) is 66.5 Å². The zero-order valence-corrected chi connectivity index (χ0v) is 16.8. The number of amides is 1. The highest BCUT2D eigenvalue weighted by molar-refractivity contribution is 7.92. The first-order chi connectivity index (χ1) is 12.8. The van der Waals surface area contributed by atoms with Crippen molar-refractivity contribution in [1.29, 1.82) is 0 Å². The quantitative estimate of drug-likeness (QED) is 0.755. The summed E-state index contributed by atoms with van der Waals surface area (Å²) in [6.07, 6.45) is -3.64. The fourth-order valence-corrected chi connectivity index (χ4v) is 3.89. The Hall–Kier alpha value is -2.26. The van der Waals surface area contributed by atoms with Crippen LogP contribution in [0, 0.1) is 6.92 Å². The number of aryl methyl sites for hydroxylation is 1. The summed E-state index contributed by atoms with van der Waals surface area (Å²) in [4.78, 5) is 12.6. The Morgan fingerprint density at radius 3 is 2.36 bits per heavy atom. The third-order valence-corrected chi connectivity index (χ3v) is 5.60. The molecule has 0 bridgehead atoms. The third kappa shape index (κ3) is 5.17. The maximum absolute atomic E-state index is 12.8. The number of rotatable bonds is 5. The number of sulfonamides is 1. The molecule has 5 nitrogen and oxygen atoms in total. The smallest absolute Gasteiger partial charge is 0.324 e. The number of hydrogen-bond donors (Lipinski definition) is 1. The second-order valence-electron chi connectivity index (χ2n) is 6.24. The molecule has 0 aliphatic carbocycles. The molecule has 1 N–H and O–H groups in total. The van der Waals surface area contributed by atoms with Gasteiger partial charge in [0.2, 0.25) is 15.9 Å². The molecular formula is C18H18ClF3N2O3S. The van der Waals surface area contributed by atoms with Gasteiger partial charge in [0.25, 0.3) is 0 Å². The molecule has 2 aromatic carbocycles. The first-order valence-corrected chi connectivity index (χ1v) is 10.3. The molecule has 2 rings (SSSR count). The van der Waals surface area contributed by atoms with Gasteiger partial charge in [-0.2, -0.15) is 13.2 Å². The van der Waals surface area contributed by atoms with Gasteiger partial charge in [-0.05, 0) is 49.7 Å². The maximum atomic E-state index is 12.8. The van der Waals surface area contributed by atoms with Gasteiger partial charge in [-0.25, -0.2) is 8.42 Å². The number of carbonyl (C=O) groups is 1. The largest absolute Gasteiger partial charge is 0.416 e. The SMILES string of the molecule is Cc1ccc(N([C@H](C)C(=O)Nc2cccc(C(F)(F)F)c2)S(C)(=O)=O)cc1Cl. The van der Waals surface area contributed by atoms with Crippen LogP contribution in [0.3, 0.4) is 0 Å². The Morgan fingerprint density at radius 2 is 1.82 bits per heavy atom. The van der Waals surface area contributed by atoms with Crippen LogP contribution in [0.15, 0.2) is 42.5 Å². The van der Waals surface area contributed by atoms with E-state index in [-0.39, 0.29) is 11.4 Å². The summed E-state index contributed by atoms with van der Waals surface area (Å²) in [5.74, 6) is -0.790. The molecule has 28 heavy (non-hydrogen) atoms. The minimum Gasteiger partial charge on any atom is -0.324 e. The van der Waals surface area contributed by atoms with Gasteiger partial charge >= 0.3 is 6.18 Å². The molecule has 0 saturated heterocycles. The number of benzene rings is 2. The molecule has 0 aliphatic heterocycles. The van der Waals surface area contributed by atoms with Crippen molar-refractivity contribution in [2.45, 2.75) is 26.1 Å². The molecule has 0 heterocycles. The van der Waals surface area contributed by atoms with Crippen LogP contribution >= 0.6 is 11.6 Å². The van der Waals surface area contributed by atoms with E-state index >= 15 is 0 Å². The molecule has 1 amide bonds. The molecule has 2 aromatic rings. The molecule has 0 spiro atoms. The highest BCUT2D eigenvalue weighted by atomic mass is 35.5. The number of nitrogens with one attached hydrogen (secondary N) is 1. The lowest BCUT2D eigenvalue weighted by Crippen LogP contribution is -2.45. The normalized spacial score (nSPS) is 13.1. The molecule has 10 heteroatoms. The standard InChI is InChI=1S/C18H18ClF3N2O3S/c1-11-7-8-15(10-16(11)19)24(28(3,26)27)12(2)17(25)23-14-6-4-5-13(9-14)18(20,21)22/h4-10,12H,1-3H3,(H,23,25)/t12-/m1/s1. The van der Waals surface area contributed by atoms with E-state index in [1.165, 1.54) is 25.1 Å². The zero-order chi connectivity index (χ0) is 21.3. The Kier molecular flexibility index (Phi) is 6.30. The van der Waals surface area contributed by atoms with Crippen LogP contribution < -0.4 is 9.62 Å². The van der Waals surface area contributed by atoms with Gasteiger partial charge in [0, 0.05) is 10.7 Å². The fraction of sp³-hybridized carbons (Fsp3) is 0.278. The van der Waals surface area contributed by atoms with Crippen molar-refractivity contribution in [2.75, 3.05) is 15.9 Å². The Bertz CT molecular complexity index is 994. The van der Waals surface area contributed by atoms with E-state index in [1.807, 2.05) is 0 Å². The second-order valence-corrected chi connectivity index (χ2v) is 8.50. The summed E-state index contributed by atoms with van der Waals surface area (Å²) < 4.78 is 63.9. The third-order valence-electron chi connectivity index (χ3n) is 3.96. The van der Waals surface area contributed by atoms with E-state index in [2.05, 4.69) is 5.32 Å². The van der Waals surface area contributed by atoms with Crippen LogP contribution in [-0.4, -0.2) is 26.6 Å². The number of alkyl halides is 3. The van der Waals surface area contributed by atoms with E-state index in [0.717, 1.165) is 34.3 Å². The van der Waals surface area contributed by atoms with Crippen molar-refractivity contribution in [3.05, 3.63) is 58.6 Å². The molecule has 0 aliphatic rings. The highest BCUT2D eigenvalue weighted by Crippen LogP contribution is 2.31. The lowest BCUT2D eigenvalue weighted by Gasteiger charge is -2.28. The monoisotopic (exact) mass is 434 g/mol. The van der Waals surface area contributed by atoms with Crippen LogP contribution in [0.5, 0.6) is 0 Å². The molecule has 0 saturated carbocycles. The molecule has 0 unspecified atom stereocenters. The Labute approximate surface area is 166 Å². The van der Waals surface area contributed by atoms with Crippen molar-refractivity contribution in [3.63, 3.8) is 0 Å². The Balaban J connectivity index is 2.33. The van der Waals surface area contributed by atoms with Crippen LogP contribution in [0.1, 0.15) is 18.1 Å². The van der Waals surface area contributed by atoms with Gasteiger partial charge in [0.1, 0.15) is 6.04 Å². The van der Waals surface area contributed by atoms with E-state index in [1.54, 1.807) is 13.0 Å². The molecule has 0 radical (unpaired) electrons. The van der Waals surface area contributed by atoms with E-state index < -0.39 is 33.7 Å². The van der Waals surface area contributed by atoms with Crippen LogP contribution in [0.4, 0.5) is 24.5 Å². The van der Waals surface area contributed by atoms with Gasteiger partial charge in [-0.15, -0.1) is 0 Å². The van der Waals surface area contributed by atoms with Gasteiger partial charge in [-0.3, -0.25) is 9.10 Å². The minimum absolute atomic E-state index is 0.0953. The minimum atomic E-state index is -4.57. The average molecular weight is 435 g/mol. The number of anilines is 2. The summed E-state index contributed by atoms with van der Waals surface area (Å²) in [5.41, 5.74) is -0.130. The van der Waals surface area contributed by atoms with Crippen LogP contribution in [0.2, 0.25) is 5.02 Å². The van der Waals surface area contributed by atoms with Gasteiger partial charge in [-0.1, -0.05) is 23.7 Å². The predicted octanol–water partition coefficient (Wildman–Crippen LogP) is 4.46. The van der Waals surface area contributed by atoms with Crippen molar-refractivity contribution in [1.82, 2.24) is 0 Å². The lowest BCUT2D eigenvalue weighted by atomic mass is 10.2. The molecule has 0 fully saturated rings. The zero-order valence-electron chi connectivity index (χ0n) is 15.2. The van der Waals surface area contributed by atoms with Crippen LogP contribution in [0.25, 0.3) is 0 Å². The fourth-order valence-electron chi connectivity index (χ4n) is 2.55. The molecular weight excluding hydrogens is 417 g/mol. The highest BCUT2D eigenvalue weighted by Gasteiger charge is 2.32. The predicted molar refractivity (Wildman–Crippen MR) is 103 cm³/mol. The second kappa shape index (κ2) is 8.00. The van der Waals surface area contributed by atoms with E-state index in [4.69, 9.17) is 11.6 Å². The summed E-state index contributed by atoms with van der Waals surface area (Å²) in [6.45, 7) is 3.07. The van der Waals surface area contributed by atoms with Crippen molar-refractivity contribution in [2.24, 2.45) is 0 Å². The average Bonchev–Trinajstić information content (AvgIpc) is 2.56. The Morgan fingerprint density at radius 1 is 1.18 bits per heavy atom.